The van der Waals surface area contributed by atoms with Crippen molar-refractivity contribution in [2.75, 3.05) is 16.6 Å². The molecule has 1 saturated heterocycles. The zero-order valence-corrected chi connectivity index (χ0v) is 17.8. The van der Waals surface area contributed by atoms with Crippen LogP contribution in [0.25, 0.3) is 11.3 Å². The molecule has 156 valence electrons. The molecule has 0 aliphatic carbocycles. The Bertz CT molecular complexity index is 1150. The van der Waals surface area contributed by atoms with Crippen LogP contribution in [0.3, 0.4) is 0 Å². The second kappa shape index (κ2) is 7.95. The molecular weight excluding hydrogens is 400 g/mol. The summed E-state index contributed by atoms with van der Waals surface area (Å²) in [6.45, 7) is 2.41. The van der Waals surface area contributed by atoms with Crippen LogP contribution >= 0.6 is 0 Å². The van der Waals surface area contributed by atoms with Gasteiger partial charge < -0.3 is 5.32 Å². The van der Waals surface area contributed by atoms with E-state index in [1.807, 2.05) is 49.4 Å². The molecule has 4 rings (SSSR count). The van der Waals surface area contributed by atoms with E-state index < -0.39 is 10.0 Å². The zero-order chi connectivity index (χ0) is 21.3. The number of nitrogens with zero attached hydrogens (tertiary/aromatic N) is 3. The molecule has 2 heterocycles. The Morgan fingerprint density at radius 2 is 1.80 bits per heavy atom. The minimum atomic E-state index is -3.20. The highest BCUT2D eigenvalue weighted by Gasteiger charge is 2.28. The molecule has 0 bridgehead atoms. The maximum atomic E-state index is 12.8. The van der Waals surface area contributed by atoms with Gasteiger partial charge in [-0.05, 0) is 37.1 Å². The molecule has 1 aliphatic rings. The second-order valence-electron chi connectivity index (χ2n) is 7.43. The van der Waals surface area contributed by atoms with Crippen LogP contribution in [0.15, 0.2) is 60.7 Å². The minimum absolute atomic E-state index is 0.191. The van der Waals surface area contributed by atoms with Crippen molar-refractivity contribution in [2.45, 2.75) is 19.4 Å². The standard InChI is InChI=1S/C22H24N4O3S/c1-16(17-9-11-19(12-10-17)26-13-6-14-30(26,28)29)23-22(27)21-15-20(24-25(21)2)18-7-4-3-5-8-18/h3-5,7-12,15-16H,6,13-14H2,1-2H3,(H,23,27)/t16-/m1/s1. The third-order valence-corrected chi connectivity index (χ3v) is 7.18. The van der Waals surface area contributed by atoms with E-state index in [-0.39, 0.29) is 17.7 Å². The van der Waals surface area contributed by atoms with Gasteiger partial charge in [-0.3, -0.25) is 13.8 Å². The molecule has 1 aliphatic heterocycles. The summed E-state index contributed by atoms with van der Waals surface area (Å²) in [5.41, 5.74) is 3.73. The lowest BCUT2D eigenvalue weighted by Crippen LogP contribution is -2.28. The lowest BCUT2D eigenvalue weighted by molar-refractivity contribution is 0.0930. The number of amides is 1. The first-order valence-electron chi connectivity index (χ1n) is 9.86. The molecule has 1 fully saturated rings. The van der Waals surface area contributed by atoms with Crippen molar-refractivity contribution in [1.29, 1.82) is 0 Å². The lowest BCUT2D eigenvalue weighted by atomic mass is 10.1. The first kappa shape index (κ1) is 20.2. The van der Waals surface area contributed by atoms with E-state index in [1.165, 1.54) is 4.31 Å². The van der Waals surface area contributed by atoms with E-state index in [9.17, 15) is 13.2 Å². The Morgan fingerprint density at radius 1 is 1.10 bits per heavy atom. The molecule has 1 N–H and O–H groups in total. The van der Waals surface area contributed by atoms with Gasteiger partial charge in [-0.2, -0.15) is 5.10 Å². The van der Waals surface area contributed by atoms with Gasteiger partial charge in [-0.1, -0.05) is 42.5 Å². The summed E-state index contributed by atoms with van der Waals surface area (Å²) < 4.78 is 27.2. The number of aryl methyl sites for hydroxylation is 1. The van der Waals surface area contributed by atoms with Crippen molar-refractivity contribution >= 4 is 21.6 Å². The molecule has 0 saturated carbocycles. The van der Waals surface area contributed by atoms with Crippen LogP contribution < -0.4 is 9.62 Å². The summed E-state index contributed by atoms with van der Waals surface area (Å²) in [4.78, 5) is 12.8. The van der Waals surface area contributed by atoms with Gasteiger partial charge in [0.1, 0.15) is 5.69 Å². The number of carbonyl (C=O) groups is 1. The minimum Gasteiger partial charge on any atom is -0.344 e. The topological polar surface area (TPSA) is 84.3 Å². The molecule has 0 unspecified atom stereocenters. The normalized spacial score (nSPS) is 16.4. The summed E-state index contributed by atoms with van der Waals surface area (Å²) in [5, 5.41) is 7.44. The van der Waals surface area contributed by atoms with Gasteiger partial charge in [0, 0.05) is 19.2 Å². The summed E-state index contributed by atoms with van der Waals surface area (Å²) in [6, 6.07) is 18.5. The fourth-order valence-corrected chi connectivity index (χ4v) is 5.21. The smallest absolute Gasteiger partial charge is 0.270 e. The van der Waals surface area contributed by atoms with Crippen molar-refractivity contribution in [3.8, 4) is 11.3 Å². The SMILES string of the molecule is C[C@@H](NC(=O)c1cc(-c2ccccc2)nn1C)c1ccc(N2CCCS2(=O)=O)cc1. The zero-order valence-electron chi connectivity index (χ0n) is 16.9. The third-order valence-electron chi connectivity index (χ3n) is 5.31. The van der Waals surface area contributed by atoms with E-state index in [1.54, 1.807) is 29.9 Å². The van der Waals surface area contributed by atoms with E-state index in [2.05, 4.69) is 10.4 Å². The average Bonchev–Trinajstić information content (AvgIpc) is 3.30. The monoisotopic (exact) mass is 424 g/mol. The molecular formula is C22H24N4O3S. The molecule has 1 atom stereocenters. The molecule has 3 aromatic rings. The van der Waals surface area contributed by atoms with Crippen LogP contribution in [0.4, 0.5) is 5.69 Å². The van der Waals surface area contributed by atoms with Crippen LogP contribution in [0.2, 0.25) is 0 Å². The van der Waals surface area contributed by atoms with Crippen molar-refractivity contribution in [2.24, 2.45) is 7.05 Å². The van der Waals surface area contributed by atoms with E-state index in [4.69, 9.17) is 0 Å². The summed E-state index contributed by atoms with van der Waals surface area (Å²) in [5.74, 6) is -0.0254. The molecule has 1 amide bonds. The Kier molecular flexibility index (Phi) is 5.34. The molecule has 2 aromatic carbocycles. The molecule has 0 spiro atoms. The Balaban J connectivity index is 1.47. The second-order valence-corrected chi connectivity index (χ2v) is 9.45. The number of carbonyl (C=O) groups excluding carboxylic acids is 1. The average molecular weight is 425 g/mol. The van der Waals surface area contributed by atoms with Crippen LogP contribution in [-0.4, -0.2) is 36.4 Å². The predicted octanol–water partition coefficient (Wildman–Crippen LogP) is 3.12. The number of benzene rings is 2. The number of hydrogen-bond donors (Lipinski definition) is 1. The van der Waals surface area contributed by atoms with Gasteiger partial charge >= 0.3 is 0 Å². The Labute approximate surface area is 176 Å². The Morgan fingerprint density at radius 3 is 2.43 bits per heavy atom. The largest absolute Gasteiger partial charge is 0.344 e. The van der Waals surface area contributed by atoms with Crippen LogP contribution in [0.5, 0.6) is 0 Å². The number of sulfonamides is 1. The fraction of sp³-hybridized carbons (Fsp3) is 0.273. The quantitative estimate of drug-likeness (QED) is 0.682. The van der Waals surface area contributed by atoms with Gasteiger partial charge in [0.05, 0.1) is 23.2 Å². The molecule has 30 heavy (non-hydrogen) atoms. The van der Waals surface area contributed by atoms with Gasteiger partial charge in [0.25, 0.3) is 5.91 Å². The Hall–Kier alpha value is -3.13. The van der Waals surface area contributed by atoms with Crippen LogP contribution in [0.1, 0.15) is 35.4 Å². The third kappa shape index (κ3) is 3.95. The fourth-order valence-electron chi connectivity index (χ4n) is 3.64. The lowest BCUT2D eigenvalue weighted by Gasteiger charge is -2.19. The van der Waals surface area contributed by atoms with E-state index in [0.29, 0.717) is 24.3 Å². The molecule has 1 aromatic heterocycles. The maximum absolute atomic E-state index is 12.8. The number of nitrogens with one attached hydrogen (secondary N) is 1. The van der Waals surface area contributed by atoms with Crippen LogP contribution in [-0.2, 0) is 17.1 Å². The molecule has 0 radical (unpaired) electrons. The van der Waals surface area contributed by atoms with Gasteiger partial charge in [0.2, 0.25) is 10.0 Å². The summed E-state index contributed by atoms with van der Waals surface area (Å²) in [6.07, 6.45) is 0.645. The van der Waals surface area contributed by atoms with Gasteiger partial charge in [-0.25, -0.2) is 8.42 Å². The summed E-state index contributed by atoms with van der Waals surface area (Å²) >= 11 is 0. The van der Waals surface area contributed by atoms with Crippen molar-refractivity contribution in [3.05, 3.63) is 71.9 Å². The van der Waals surface area contributed by atoms with Crippen molar-refractivity contribution in [1.82, 2.24) is 15.1 Å². The van der Waals surface area contributed by atoms with Gasteiger partial charge in [0.15, 0.2) is 0 Å². The first-order valence-corrected chi connectivity index (χ1v) is 11.5. The molecule has 8 heteroatoms. The molecule has 7 nitrogen and oxygen atoms in total. The van der Waals surface area contributed by atoms with Crippen molar-refractivity contribution < 1.29 is 13.2 Å². The number of rotatable bonds is 5. The first-order chi connectivity index (χ1) is 14.3. The van der Waals surface area contributed by atoms with Crippen molar-refractivity contribution in [3.63, 3.8) is 0 Å². The van der Waals surface area contributed by atoms with E-state index >= 15 is 0 Å². The number of aromatic nitrogens is 2. The summed E-state index contributed by atoms with van der Waals surface area (Å²) in [7, 11) is -1.45. The van der Waals surface area contributed by atoms with Gasteiger partial charge in [-0.15, -0.1) is 0 Å². The number of hydrogen-bond acceptors (Lipinski definition) is 4. The predicted molar refractivity (Wildman–Crippen MR) is 117 cm³/mol. The maximum Gasteiger partial charge on any atom is 0.270 e. The highest BCUT2D eigenvalue weighted by atomic mass is 32.2. The number of anilines is 1. The highest BCUT2D eigenvalue weighted by molar-refractivity contribution is 7.93. The highest BCUT2D eigenvalue weighted by Crippen LogP contribution is 2.26. The van der Waals surface area contributed by atoms with E-state index in [0.717, 1.165) is 16.8 Å². The van der Waals surface area contributed by atoms with Crippen LogP contribution in [0, 0.1) is 0 Å².